The molecule has 0 aliphatic heterocycles. The van der Waals surface area contributed by atoms with Gasteiger partial charge in [-0.2, -0.15) is 0 Å². The molecular weight excluding hydrogens is 442 g/mol. The van der Waals surface area contributed by atoms with Crippen LogP contribution in [0.15, 0.2) is 81.7 Å². The Balaban J connectivity index is 1.36. The lowest BCUT2D eigenvalue weighted by molar-refractivity contribution is 0.0950. The number of nitrogens with one attached hydrogen (secondary N) is 2. The number of rotatable bonds is 9. The topological polar surface area (TPSA) is 88.2 Å². The predicted molar refractivity (Wildman–Crippen MR) is 127 cm³/mol. The van der Waals surface area contributed by atoms with Crippen LogP contribution in [0.25, 0.3) is 0 Å². The smallest absolute Gasteiger partial charge is 0.261 e. The SMILES string of the molecule is CCCc1ccc(S(=O)(=O)Nc2ccc(Sc3ccc(C(=O)NC4CC4)cn3)cc2)cc1. The summed E-state index contributed by atoms with van der Waals surface area (Å²) in [6, 6.07) is 18.0. The van der Waals surface area contributed by atoms with Crippen LogP contribution in [0.2, 0.25) is 0 Å². The van der Waals surface area contributed by atoms with Gasteiger partial charge < -0.3 is 5.32 Å². The van der Waals surface area contributed by atoms with Gasteiger partial charge in [0.2, 0.25) is 0 Å². The third-order valence-electron chi connectivity index (χ3n) is 5.01. The highest BCUT2D eigenvalue weighted by Gasteiger charge is 2.23. The van der Waals surface area contributed by atoms with Gasteiger partial charge in [0.1, 0.15) is 5.03 Å². The maximum Gasteiger partial charge on any atom is 0.261 e. The van der Waals surface area contributed by atoms with Gasteiger partial charge in [-0.15, -0.1) is 0 Å². The zero-order valence-corrected chi connectivity index (χ0v) is 19.4. The number of aryl methyl sites for hydroxylation is 1. The zero-order valence-electron chi connectivity index (χ0n) is 17.7. The van der Waals surface area contributed by atoms with Crippen molar-refractivity contribution in [2.45, 2.75) is 53.5 Å². The van der Waals surface area contributed by atoms with Crippen molar-refractivity contribution < 1.29 is 13.2 Å². The molecule has 0 atom stereocenters. The van der Waals surface area contributed by atoms with Gasteiger partial charge in [0.15, 0.2) is 0 Å². The Kier molecular flexibility index (Phi) is 6.81. The summed E-state index contributed by atoms with van der Waals surface area (Å²) in [6.45, 7) is 2.09. The molecule has 1 aromatic heterocycles. The number of nitrogens with zero attached hydrogens (tertiary/aromatic N) is 1. The Morgan fingerprint density at radius 3 is 2.34 bits per heavy atom. The molecule has 4 rings (SSSR count). The molecule has 0 saturated heterocycles. The number of hydrogen-bond acceptors (Lipinski definition) is 5. The molecule has 3 aromatic rings. The van der Waals surface area contributed by atoms with Crippen molar-refractivity contribution in [1.29, 1.82) is 0 Å². The molecule has 32 heavy (non-hydrogen) atoms. The van der Waals surface area contributed by atoms with E-state index in [9.17, 15) is 13.2 Å². The van der Waals surface area contributed by atoms with Gasteiger partial charge in [0, 0.05) is 22.8 Å². The number of carbonyl (C=O) groups is 1. The van der Waals surface area contributed by atoms with Crippen molar-refractivity contribution in [3.05, 3.63) is 78.0 Å². The van der Waals surface area contributed by atoms with Crippen LogP contribution in [0.5, 0.6) is 0 Å². The standard InChI is InChI=1S/C24H25N3O3S2/c1-2-3-17-4-13-22(14-5-17)32(29,30)27-20-9-11-21(12-10-20)31-23-15-6-18(16-25-23)24(28)26-19-7-8-19/h4-6,9-16,19,27H,2-3,7-8H2,1H3,(H,26,28). The number of carbonyl (C=O) groups excluding carboxylic acids is 1. The number of aromatic nitrogens is 1. The van der Waals surface area contributed by atoms with E-state index in [2.05, 4.69) is 21.9 Å². The summed E-state index contributed by atoms with van der Waals surface area (Å²) < 4.78 is 27.9. The van der Waals surface area contributed by atoms with Crippen LogP contribution in [0.3, 0.4) is 0 Å². The molecule has 1 amide bonds. The van der Waals surface area contributed by atoms with E-state index in [-0.39, 0.29) is 10.8 Å². The minimum Gasteiger partial charge on any atom is -0.349 e. The minimum absolute atomic E-state index is 0.0896. The number of amides is 1. The first-order valence-electron chi connectivity index (χ1n) is 10.6. The van der Waals surface area contributed by atoms with Crippen LogP contribution in [-0.4, -0.2) is 25.4 Å². The van der Waals surface area contributed by atoms with E-state index < -0.39 is 10.0 Å². The highest BCUT2D eigenvalue weighted by atomic mass is 32.2. The van der Waals surface area contributed by atoms with Crippen molar-refractivity contribution in [2.24, 2.45) is 0 Å². The first kappa shape index (κ1) is 22.4. The average Bonchev–Trinajstić information content (AvgIpc) is 3.60. The maximum atomic E-state index is 12.6. The quantitative estimate of drug-likeness (QED) is 0.468. The monoisotopic (exact) mass is 467 g/mol. The fraction of sp³-hybridized carbons (Fsp3) is 0.250. The van der Waals surface area contributed by atoms with E-state index in [0.717, 1.165) is 41.2 Å². The van der Waals surface area contributed by atoms with Crippen molar-refractivity contribution in [1.82, 2.24) is 10.3 Å². The van der Waals surface area contributed by atoms with Gasteiger partial charge in [-0.3, -0.25) is 9.52 Å². The summed E-state index contributed by atoms with van der Waals surface area (Å²) in [5, 5.41) is 3.70. The van der Waals surface area contributed by atoms with Gasteiger partial charge in [0.25, 0.3) is 15.9 Å². The van der Waals surface area contributed by atoms with Crippen LogP contribution in [-0.2, 0) is 16.4 Å². The van der Waals surface area contributed by atoms with Crippen LogP contribution in [0.1, 0.15) is 42.1 Å². The molecule has 6 nitrogen and oxygen atoms in total. The number of sulfonamides is 1. The largest absolute Gasteiger partial charge is 0.349 e. The number of pyridine rings is 1. The number of hydrogen-bond donors (Lipinski definition) is 2. The summed E-state index contributed by atoms with van der Waals surface area (Å²) in [4.78, 5) is 17.6. The summed E-state index contributed by atoms with van der Waals surface area (Å²) in [5.74, 6) is -0.0896. The van der Waals surface area contributed by atoms with Crippen molar-refractivity contribution in [3.8, 4) is 0 Å². The van der Waals surface area contributed by atoms with Crippen molar-refractivity contribution >= 4 is 33.4 Å². The van der Waals surface area contributed by atoms with Crippen LogP contribution in [0.4, 0.5) is 5.69 Å². The van der Waals surface area contributed by atoms with E-state index in [1.807, 2.05) is 30.3 Å². The van der Waals surface area contributed by atoms with Gasteiger partial charge in [0.05, 0.1) is 10.5 Å². The van der Waals surface area contributed by atoms with Gasteiger partial charge in [-0.25, -0.2) is 13.4 Å². The summed E-state index contributed by atoms with van der Waals surface area (Å²) in [5.41, 5.74) is 2.17. The van der Waals surface area contributed by atoms with E-state index in [1.165, 1.54) is 11.8 Å². The second kappa shape index (κ2) is 9.75. The van der Waals surface area contributed by atoms with E-state index in [4.69, 9.17) is 0 Å². The second-order valence-corrected chi connectivity index (χ2v) is 10.5. The van der Waals surface area contributed by atoms with Crippen LogP contribution >= 0.6 is 11.8 Å². The molecule has 1 fully saturated rings. The fourth-order valence-electron chi connectivity index (χ4n) is 3.12. The summed E-state index contributed by atoms with van der Waals surface area (Å²) in [7, 11) is -3.64. The normalized spacial score (nSPS) is 13.5. The predicted octanol–water partition coefficient (Wildman–Crippen LogP) is 4.88. The molecule has 2 aromatic carbocycles. The Morgan fingerprint density at radius 1 is 1.03 bits per heavy atom. The molecule has 166 valence electrons. The first-order valence-corrected chi connectivity index (χ1v) is 12.9. The van der Waals surface area contributed by atoms with Crippen molar-refractivity contribution in [3.63, 3.8) is 0 Å². The lowest BCUT2D eigenvalue weighted by atomic mass is 10.1. The van der Waals surface area contributed by atoms with Crippen molar-refractivity contribution in [2.75, 3.05) is 4.72 Å². The van der Waals surface area contributed by atoms with Crippen LogP contribution < -0.4 is 10.0 Å². The molecule has 0 unspecified atom stereocenters. The highest BCUT2D eigenvalue weighted by molar-refractivity contribution is 7.99. The third kappa shape index (κ3) is 5.89. The Bertz CT molecular complexity index is 1170. The molecule has 1 saturated carbocycles. The van der Waals surface area contributed by atoms with E-state index >= 15 is 0 Å². The second-order valence-electron chi connectivity index (χ2n) is 7.76. The van der Waals surface area contributed by atoms with Gasteiger partial charge >= 0.3 is 0 Å². The molecule has 1 heterocycles. The van der Waals surface area contributed by atoms with Gasteiger partial charge in [-0.1, -0.05) is 37.2 Å². The molecule has 1 aliphatic rings. The zero-order chi connectivity index (χ0) is 22.6. The average molecular weight is 468 g/mol. The molecule has 1 aliphatic carbocycles. The molecule has 8 heteroatoms. The molecule has 2 N–H and O–H groups in total. The summed E-state index contributed by atoms with van der Waals surface area (Å²) >= 11 is 1.44. The number of anilines is 1. The Hall–Kier alpha value is -2.84. The summed E-state index contributed by atoms with van der Waals surface area (Å²) in [6.07, 6.45) is 5.62. The Morgan fingerprint density at radius 2 is 1.75 bits per heavy atom. The third-order valence-corrected chi connectivity index (χ3v) is 7.37. The van der Waals surface area contributed by atoms with E-state index in [0.29, 0.717) is 17.3 Å². The molecule has 0 spiro atoms. The van der Waals surface area contributed by atoms with Crippen LogP contribution in [0, 0.1) is 0 Å². The molecule has 0 bridgehead atoms. The number of benzene rings is 2. The van der Waals surface area contributed by atoms with Gasteiger partial charge in [-0.05, 0) is 73.4 Å². The maximum absolute atomic E-state index is 12.6. The highest BCUT2D eigenvalue weighted by Crippen LogP contribution is 2.28. The lowest BCUT2D eigenvalue weighted by Crippen LogP contribution is -2.25. The molecule has 0 radical (unpaired) electrons. The first-order chi connectivity index (χ1) is 15.4. The Labute approximate surface area is 192 Å². The lowest BCUT2D eigenvalue weighted by Gasteiger charge is -2.10. The minimum atomic E-state index is -3.64. The molecular formula is C24H25N3O3S2. The van der Waals surface area contributed by atoms with E-state index in [1.54, 1.807) is 36.5 Å². The fourth-order valence-corrected chi connectivity index (χ4v) is 4.93.